The maximum atomic E-state index is 13.0. The number of fused-ring (bicyclic) bond motifs is 1. The van der Waals surface area contributed by atoms with E-state index < -0.39 is 0 Å². The zero-order chi connectivity index (χ0) is 20.3. The van der Waals surface area contributed by atoms with Crippen LogP contribution >= 0.6 is 0 Å². The van der Waals surface area contributed by atoms with Crippen molar-refractivity contribution in [1.82, 2.24) is 20.1 Å². The molecule has 1 aliphatic carbocycles. The van der Waals surface area contributed by atoms with E-state index in [9.17, 15) is 4.79 Å². The van der Waals surface area contributed by atoms with Crippen LogP contribution in [0.25, 0.3) is 21.9 Å². The highest BCUT2D eigenvalue weighted by molar-refractivity contribution is 5.88. The highest BCUT2D eigenvalue weighted by Crippen LogP contribution is 2.28. The summed E-state index contributed by atoms with van der Waals surface area (Å²) in [6.45, 7) is 2.17. The first-order valence-corrected chi connectivity index (χ1v) is 11.4. The Hall–Kier alpha value is -2.53. The third-order valence-electron chi connectivity index (χ3n) is 7.04. The second-order valence-corrected chi connectivity index (χ2v) is 8.97. The molecule has 1 N–H and O–H groups in total. The lowest BCUT2D eigenvalue weighted by atomic mass is 9.87. The van der Waals surface area contributed by atoms with Crippen LogP contribution in [0, 0.1) is 5.92 Å². The van der Waals surface area contributed by atoms with Gasteiger partial charge in [0.25, 0.3) is 0 Å². The number of nitrogens with one attached hydrogen (secondary N) is 1. The summed E-state index contributed by atoms with van der Waals surface area (Å²) in [5.74, 6) is 0.552. The molecule has 3 heterocycles. The van der Waals surface area contributed by atoms with E-state index in [1.54, 1.807) is 0 Å². The van der Waals surface area contributed by atoms with Crippen LogP contribution in [0.1, 0.15) is 50.6 Å². The third-order valence-corrected chi connectivity index (χ3v) is 7.04. The summed E-state index contributed by atoms with van der Waals surface area (Å²) in [4.78, 5) is 20.2. The molecule has 1 saturated carbocycles. The standard InChI is InChI=1S/C25H30N4O/c30-25(18-8-10-29(11-9-18)24-4-2-1-3-5-24)14-23-13-21-12-19(22-16-27-28-17-22)6-7-20(21)15-26-23/h6-7,12-13,15-18,24H,1-5,8-11,14H2,(H,27,28). The lowest BCUT2D eigenvalue weighted by Gasteiger charge is -2.39. The topological polar surface area (TPSA) is 61.9 Å². The van der Waals surface area contributed by atoms with Crippen molar-refractivity contribution in [3.05, 3.63) is 48.5 Å². The van der Waals surface area contributed by atoms with E-state index in [-0.39, 0.29) is 5.92 Å². The Labute approximate surface area is 177 Å². The van der Waals surface area contributed by atoms with E-state index in [1.807, 2.05) is 18.6 Å². The van der Waals surface area contributed by atoms with Crippen LogP contribution in [0.4, 0.5) is 0 Å². The third kappa shape index (κ3) is 4.17. The van der Waals surface area contributed by atoms with Crippen molar-refractivity contribution in [3.8, 4) is 11.1 Å². The molecular formula is C25H30N4O. The quantitative estimate of drug-likeness (QED) is 0.667. The number of hydrogen-bond donors (Lipinski definition) is 1. The van der Waals surface area contributed by atoms with Crippen LogP contribution in [0.3, 0.4) is 0 Å². The number of nitrogens with zero attached hydrogens (tertiary/aromatic N) is 3. The number of benzene rings is 1. The van der Waals surface area contributed by atoms with Crippen molar-refractivity contribution in [2.75, 3.05) is 13.1 Å². The molecule has 5 nitrogen and oxygen atoms in total. The van der Waals surface area contributed by atoms with Crippen LogP contribution in [-0.2, 0) is 11.2 Å². The number of H-pyrrole nitrogens is 1. The van der Waals surface area contributed by atoms with Crippen molar-refractivity contribution in [2.24, 2.45) is 5.92 Å². The Morgan fingerprint density at radius 2 is 1.80 bits per heavy atom. The Balaban J connectivity index is 1.23. The van der Waals surface area contributed by atoms with Gasteiger partial charge in [-0.05, 0) is 61.9 Å². The molecule has 5 rings (SSSR count). The summed E-state index contributed by atoms with van der Waals surface area (Å²) in [6, 6.07) is 9.16. The molecule has 0 atom stereocenters. The Kier molecular flexibility index (Phi) is 5.63. The SMILES string of the molecule is O=C(Cc1cc2cc(-c3cn[nH]c3)ccc2cn1)C1CCN(C2CCCCC2)CC1. The maximum Gasteiger partial charge on any atom is 0.142 e. The number of aromatic amines is 1. The lowest BCUT2D eigenvalue weighted by Crippen LogP contribution is -2.43. The molecule has 0 amide bonds. The molecular weight excluding hydrogens is 372 g/mol. The number of piperidine rings is 1. The number of carbonyl (C=O) groups excluding carboxylic acids is 1. The fourth-order valence-electron chi connectivity index (χ4n) is 5.23. The number of likely N-dealkylation sites (tertiary alicyclic amines) is 1. The first-order chi connectivity index (χ1) is 14.8. The summed E-state index contributed by atoms with van der Waals surface area (Å²) < 4.78 is 0. The number of aromatic nitrogens is 3. The molecule has 0 bridgehead atoms. The molecule has 30 heavy (non-hydrogen) atoms. The molecule has 1 aliphatic heterocycles. The van der Waals surface area contributed by atoms with Gasteiger partial charge < -0.3 is 4.90 Å². The number of hydrogen-bond acceptors (Lipinski definition) is 4. The van der Waals surface area contributed by atoms with Crippen molar-refractivity contribution in [3.63, 3.8) is 0 Å². The van der Waals surface area contributed by atoms with E-state index in [1.165, 1.54) is 32.1 Å². The van der Waals surface area contributed by atoms with Gasteiger partial charge in [0.05, 0.1) is 6.20 Å². The molecule has 3 aromatic rings. The smallest absolute Gasteiger partial charge is 0.142 e. The lowest BCUT2D eigenvalue weighted by molar-refractivity contribution is -0.123. The van der Waals surface area contributed by atoms with Crippen LogP contribution in [0.2, 0.25) is 0 Å². The second kappa shape index (κ2) is 8.68. The summed E-state index contributed by atoms with van der Waals surface area (Å²) in [5, 5.41) is 9.12. The van der Waals surface area contributed by atoms with Crippen molar-refractivity contribution >= 4 is 16.6 Å². The molecule has 156 valence electrons. The highest BCUT2D eigenvalue weighted by Gasteiger charge is 2.29. The molecule has 1 aromatic carbocycles. The van der Waals surface area contributed by atoms with Gasteiger partial charge >= 0.3 is 0 Å². The fraction of sp³-hybridized carbons (Fsp3) is 0.480. The summed E-state index contributed by atoms with van der Waals surface area (Å²) in [6.07, 6.45) is 14.9. The number of ketones is 1. The van der Waals surface area contributed by atoms with E-state index >= 15 is 0 Å². The molecule has 2 aliphatic rings. The van der Waals surface area contributed by atoms with Gasteiger partial charge in [-0.1, -0.05) is 31.4 Å². The molecule has 2 aromatic heterocycles. The van der Waals surface area contributed by atoms with Gasteiger partial charge in [0.2, 0.25) is 0 Å². The highest BCUT2D eigenvalue weighted by atomic mass is 16.1. The number of carbonyl (C=O) groups is 1. The van der Waals surface area contributed by atoms with Crippen LogP contribution in [-0.4, -0.2) is 45.0 Å². The minimum atomic E-state index is 0.194. The van der Waals surface area contributed by atoms with Crippen LogP contribution in [0.5, 0.6) is 0 Å². The van der Waals surface area contributed by atoms with Gasteiger partial charge in [-0.15, -0.1) is 0 Å². The summed E-state index contributed by atoms with van der Waals surface area (Å²) in [5.41, 5.74) is 3.07. The van der Waals surface area contributed by atoms with E-state index in [4.69, 9.17) is 0 Å². The van der Waals surface area contributed by atoms with E-state index in [0.29, 0.717) is 12.2 Å². The summed E-state index contributed by atoms with van der Waals surface area (Å²) >= 11 is 0. The normalized spacial score (nSPS) is 19.3. The minimum Gasteiger partial charge on any atom is -0.300 e. The van der Waals surface area contributed by atoms with Gasteiger partial charge in [-0.2, -0.15) is 5.10 Å². The second-order valence-electron chi connectivity index (χ2n) is 8.97. The van der Waals surface area contributed by atoms with Gasteiger partial charge in [0, 0.05) is 47.4 Å². The largest absolute Gasteiger partial charge is 0.300 e. The van der Waals surface area contributed by atoms with Crippen molar-refractivity contribution < 1.29 is 4.79 Å². The van der Waals surface area contributed by atoms with Crippen LogP contribution in [0.15, 0.2) is 42.9 Å². The van der Waals surface area contributed by atoms with Crippen molar-refractivity contribution in [2.45, 2.75) is 57.4 Å². The Morgan fingerprint density at radius 1 is 0.967 bits per heavy atom. The fourth-order valence-corrected chi connectivity index (χ4v) is 5.23. The van der Waals surface area contributed by atoms with E-state index in [2.05, 4.69) is 44.3 Å². The Morgan fingerprint density at radius 3 is 2.57 bits per heavy atom. The van der Waals surface area contributed by atoms with Gasteiger partial charge in [-0.3, -0.25) is 14.9 Å². The number of pyridine rings is 1. The predicted octanol–water partition coefficient (Wildman–Crippen LogP) is 4.78. The van der Waals surface area contributed by atoms with Crippen molar-refractivity contribution in [1.29, 1.82) is 0 Å². The zero-order valence-electron chi connectivity index (χ0n) is 17.5. The predicted molar refractivity (Wildman–Crippen MR) is 119 cm³/mol. The van der Waals surface area contributed by atoms with E-state index in [0.717, 1.165) is 59.6 Å². The first-order valence-electron chi connectivity index (χ1n) is 11.4. The molecule has 0 unspecified atom stereocenters. The maximum absolute atomic E-state index is 13.0. The molecule has 0 radical (unpaired) electrons. The average Bonchev–Trinajstić information content (AvgIpc) is 3.34. The molecule has 2 fully saturated rings. The van der Waals surface area contributed by atoms with Gasteiger partial charge in [0.15, 0.2) is 0 Å². The molecule has 5 heteroatoms. The minimum absolute atomic E-state index is 0.194. The average molecular weight is 403 g/mol. The van der Waals surface area contributed by atoms with Crippen LogP contribution < -0.4 is 0 Å². The molecule has 0 spiro atoms. The number of rotatable bonds is 5. The summed E-state index contributed by atoms with van der Waals surface area (Å²) in [7, 11) is 0. The van der Waals surface area contributed by atoms with Gasteiger partial charge in [0.1, 0.15) is 5.78 Å². The zero-order valence-corrected chi connectivity index (χ0v) is 17.5. The Bertz CT molecular complexity index is 999. The monoisotopic (exact) mass is 402 g/mol. The molecule has 1 saturated heterocycles. The first kappa shape index (κ1) is 19.4. The van der Waals surface area contributed by atoms with Gasteiger partial charge in [-0.25, -0.2) is 0 Å². The number of Topliss-reactive ketones (excluding diaryl/α,β-unsaturated/α-hetero) is 1.